The highest BCUT2D eigenvalue weighted by Gasteiger charge is 2.03. The van der Waals surface area contributed by atoms with Gasteiger partial charge < -0.3 is 10.4 Å². The first-order valence-corrected chi connectivity index (χ1v) is 6.08. The Morgan fingerprint density at radius 3 is 2.93 bits per heavy atom. The van der Waals surface area contributed by atoms with E-state index in [0.29, 0.717) is 6.04 Å². The molecule has 15 heavy (non-hydrogen) atoms. The fourth-order valence-electron chi connectivity index (χ4n) is 1.26. The van der Waals surface area contributed by atoms with Gasteiger partial charge in [-0.25, -0.2) is 0 Å². The summed E-state index contributed by atoms with van der Waals surface area (Å²) in [5.41, 5.74) is 1.13. The molecule has 0 saturated heterocycles. The minimum absolute atomic E-state index is 0.213. The first-order valence-electron chi connectivity index (χ1n) is 4.91. The van der Waals surface area contributed by atoms with Crippen LogP contribution in [-0.2, 0) is 6.54 Å². The Bertz CT molecular complexity index is 319. The lowest BCUT2D eigenvalue weighted by Crippen LogP contribution is -2.26. The maximum absolute atomic E-state index is 8.76. The maximum Gasteiger partial charge on any atom is 0.0445 e. The molecule has 0 aliphatic heterocycles. The van der Waals surface area contributed by atoms with E-state index in [1.54, 1.807) is 0 Å². The standard InChI is InChI=1S/C11H15BrClNO/c1-8(4-5-15)14-7-9-6-10(13)2-3-11(9)12/h2-3,6,8,14-15H,4-5,7H2,1H3/t8-/m1/s1. The van der Waals surface area contributed by atoms with Crippen LogP contribution in [0.3, 0.4) is 0 Å². The van der Waals surface area contributed by atoms with Crippen molar-refractivity contribution < 1.29 is 5.11 Å². The van der Waals surface area contributed by atoms with Crippen molar-refractivity contribution >= 4 is 27.5 Å². The van der Waals surface area contributed by atoms with Crippen molar-refractivity contribution in [3.05, 3.63) is 33.3 Å². The molecule has 0 unspecified atom stereocenters. The Morgan fingerprint density at radius 2 is 2.27 bits per heavy atom. The third kappa shape index (κ3) is 4.51. The molecule has 1 aromatic carbocycles. The summed E-state index contributed by atoms with van der Waals surface area (Å²) < 4.78 is 1.05. The second-order valence-corrected chi connectivity index (χ2v) is 4.82. The first kappa shape index (κ1) is 13.0. The highest BCUT2D eigenvalue weighted by atomic mass is 79.9. The molecule has 2 nitrogen and oxygen atoms in total. The molecule has 0 aromatic heterocycles. The number of hydrogen-bond donors (Lipinski definition) is 2. The molecule has 2 N–H and O–H groups in total. The zero-order valence-corrected chi connectivity index (χ0v) is 11.0. The van der Waals surface area contributed by atoms with Crippen LogP contribution in [0, 0.1) is 0 Å². The van der Waals surface area contributed by atoms with Gasteiger partial charge in [-0.15, -0.1) is 0 Å². The molecule has 0 saturated carbocycles. The van der Waals surface area contributed by atoms with Crippen LogP contribution in [0.15, 0.2) is 22.7 Å². The zero-order valence-electron chi connectivity index (χ0n) is 8.63. The second-order valence-electron chi connectivity index (χ2n) is 3.53. The summed E-state index contributed by atoms with van der Waals surface area (Å²) in [5.74, 6) is 0. The largest absolute Gasteiger partial charge is 0.396 e. The number of nitrogens with one attached hydrogen (secondary N) is 1. The van der Waals surface area contributed by atoms with Gasteiger partial charge >= 0.3 is 0 Å². The highest BCUT2D eigenvalue weighted by Crippen LogP contribution is 2.21. The average Bonchev–Trinajstić information content (AvgIpc) is 2.20. The van der Waals surface area contributed by atoms with Crippen LogP contribution in [0.25, 0.3) is 0 Å². The topological polar surface area (TPSA) is 32.3 Å². The fraction of sp³-hybridized carbons (Fsp3) is 0.455. The van der Waals surface area contributed by atoms with Gasteiger partial charge in [0.05, 0.1) is 0 Å². The predicted octanol–water partition coefficient (Wildman–Crippen LogP) is 2.96. The predicted molar refractivity (Wildman–Crippen MR) is 67.2 cm³/mol. The molecule has 0 aliphatic rings. The minimum Gasteiger partial charge on any atom is -0.396 e. The number of aliphatic hydroxyl groups excluding tert-OH is 1. The summed E-state index contributed by atoms with van der Waals surface area (Å²) in [6, 6.07) is 6.04. The van der Waals surface area contributed by atoms with Gasteiger partial charge in [0.15, 0.2) is 0 Å². The summed E-state index contributed by atoms with van der Waals surface area (Å²) in [6.07, 6.45) is 0.762. The molecule has 1 rings (SSSR count). The quantitative estimate of drug-likeness (QED) is 0.874. The van der Waals surface area contributed by atoms with Crippen LogP contribution < -0.4 is 5.32 Å². The normalized spacial score (nSPS) is 12.8. The fourth-order valence-corrected chi connectivity index (χ4v) is 1.84. The Kier molecular flexibility index (Phi) is 5.61. The van der Waals surface area contributed by atoms with E-state index in [1.807, 2.05) is 18.2 Å². The lowest BCUT2D eigenvalue weighted by molar-refractivity contribution is 0.268. The van der Waals surface area contributed by atoms with Crippen molar-refractivity contribution in [1.82, 2.24) is 5.32 Å². The molecular formula is C11H15BrClNO. The van der Waals surface area contributed by atoms with Gasteiger partial charge in [0.25, 0.3) is 0 Å². The Morgan fingerprint density at radius 1 is 1.53 bits per heavy atom. The Labute approximate surface area is 104 Å². The molecule has 0 bridgehead atoms. The van der Waals surface area contributed by atoms with Gasteiger partial charge in [0.1, 0.15) is 0 Å². The van der Waals surface area contributed by atoms with Crippen molar-refractivity contribution in [2.45, 2.75) is 25.9 Å². The SMILES string of the molecule is C[C@H](CCO)NCc1cc(Cl)ccc1Br. The molecule has 4 heteroatoms. The lowest BCUT2D eigenvalue weighted by Gasteiger charge is -2.13. The number of aliphatic hydroxyl groups is 1. The van der Waals surface area contributed by atoms with Gasteiger partial charge in [-0.1, -0.05) is 27.5 Å². The van der Waals surface area contributed by atoms with E-state index in [4.69, 9.17) is 16.7 Å². The van der Waals surface area contributed by atoms with Gasteiger partial charge in [-0.2, -0.15) is 0 Å². The molecule has 0 spiro atoms. The van der Waals surface area contributed by atoms with Crippen molar-refractivity contribution in [2.75, 3.05) is 6.61 Å². The lowest BCUT2D eigenvalue weighted by atomic mass is 10.2. The van der Waals surface area contributed by atoms with E-state index in [-0.39, 0.29) is 6.61 Å². The van der Waals surface area contributed by atoms with Crippen LogP contribution in [0.5, 0.6) is 0 Å². The van der Waals surface area contributed by atoms with Crippen molar-refractivity contribution in [3.8, 4) is 0 Å². The second kappa shape index (κ2) is 6.48. The summed E-state index contributed by atoms with van der Waals surface area (Å²) >= 11 is 9.38. The molecule has 0 aliphatic carbocycles. The number of hydrogen-bond acceptors (Lipinski definition) is 2. The third-order valence-corrected chi connectivity index (χ3v) is 3.22. The molecule has 0 heterocycles. The van der Waals surface area contributed by atoms with Crippen LogP contribution in [0.4, 0.5) is 0 Å². The summed E-state index contributed by atoms with van der Waals surface area (Å²) in [6.45, 7) is 3.02. The monoisotopic (exact) mass is 291 g/mol. The summed E-state index contributed by atoms with van der Waals surface area (Å²) in [7, 11) is 0. The van der Waals surface area contributed by atoms with Crippen molar-refractivity contribution in [3.63, 3.8) is 0 Å². The van der Waals surface area contributed by atoms with Crippen LogP contribution >= 0.6 is 27.5 Å². The van der Waals surface area contributed by atoms with E-state index in [2.05, 4.69) is 28.2 Å². The smallest absolute Gasteiger partial charge is 0.0445 e. The molecular weight excluding hydrogens is 277 g/mol. The highest BCUT2D eigenvalue weighted by molar-refractivity contribution is 9.10. The number of rotatable bonds is 5. The van der Waals surface area contributed by atoms with Crippen molar-refractivity contribution in [1.29, 1.82) is 0 Å². The van der Waals surface area contributed by atoms with E-state index in [9.17, 15) is 0 Å². The van der Waals surface area contributed by atoms with E-state index in [1.165, 1.54) is 0 Å². The van der Waals surface area contributed by atoms with Crippen LogP contribution in [-0.4, -0.2) is 17.8 Å². The molecule has 0 radical (unpaired) electrons. The maximum atomic E-state index is 8.76. The zero-order chi connectivity index (χ0) is 11.3. The van der Waals surface area contributed by atoms with Gasteiger partial charge in [-0.3, -0.25) is 0 Å². The average molecular weight is 293 g/mol. The molecule has 1 atom stereocenters. The first-order chi connectivity index (χ1) is 7.13. The molecule has 0 fully saturated rings. The Hall–Kier alpha value is -0.0900. The Balaban J connectivity index is 2.53. The van der Waals surface area contributed by atoms with Crippen molar-refractivity contribution in [2.24, 2.45) is 0 Å². The van der Waals surface area contributed by atoms with Crippen LogP contribution in [0.2, 0.25) is 5.02 Å². The molecule has 84 valence electrons. The van der Waals surface area contributed by atoms with E-state index in [0.717, 1.165) is 28.0 Å². The van der Waals surface area contributed by atoms with Crippen LogP contribution in [0.1, 0.15) is 18.9 Å². The van der Waals surface area contributed by atoms with E-state index < -0.39 is 0 Å². The third-order valence-electron chi connectivity index (χ3n) is 2.21. The number of halogens is 2. The number of benzene rings is 1. The molecule has 0 amide bonds. The molecule has 1 aromatic rings. The van der Waals surface area contributed by atoms with Gasteiger partial charge in [0, 0.05) is 28.7 Å². The van der Waals surface area contributed by atoms with Gasteiger partial charge in [0.2, 0.25) is 0 Å². The minimum atomic E-state index is 0.213. The van der Waals surface area contributed by atoms with E-state index >= 15 is 0 Å². The summed E-state index contributed by atoms with van der Waals surface area (Å²) in [4.78, 5) is 0. The summed E-state index contributed by atoms with van der Waals surface area (Å²) in [5, 5.41) is 12.8. The van der Waals surface area contributed by atoms with Gasteiger partial charge in [-0.05, 0) is 37.1 Å².